The van der Waals surface area contributed by atoms with Crippen molar-refractivity contribution in [2.24, 2.45) is 0 Å². The van der Waals surface area contributed by atoms with Crippen molar-refractivity contribution in [3.05, 3.63) is 76.7 Å². The highest BCUT2D eigenvalue weighted by atomic mass is 17.0. The van der Waals surface area contributed by atoms with Gasteiger partial charge in [-0.15, -0.1) is 0 Å². The number of hydrogen-bond donors (Lipinski definition) is 0. The van der Waals surface area contributed by atoms with Crippen LogP contribution >= 0.6 is 0 Å². The van der Waals surface area contributed by atoms with E-state index in [1.807, 2.05) is 86.7 Å². The summed E-state index contributed by atoms with van der Waals surface area (Å²) in [6, 6.07) is 18.9. The molecule has 2 aromatic carbocycles. The highest BCUT2D eigenvalue weighted by Crippen LogP contribution is 2.03. The van der Waals surface area contributed by atoms with Crippen molar-refractivity contribution in [3.8, 4) is 0 Å². The molecule has 5 nitrogen and oxygen atoms in total. The first kappa shape index (κ1) is 17.7. The first-order chi connectivity index (χ1) is 10.6. The smallest absolute Gasteiger partial charge is 0.312 e. The average Bonchev–Trinajstić information content (AvgIpc) is 2.52. The molecule has 0 saturated heterocycles. The highest BCUT2D eigenvalue weighted by Gasteiger charge is 2.12. The summed E-state index contributed by atoms with van der Waals surface area (Å²) in [5.41, 5.74) is 1.84. The van der Waals surface area contributed by atoms with Crippen molar-refractivity contribution in [1.82, 2.24) is 4.90 Å². The van der Waals surface area contributed by atoms with Crippen LogP contribution in [-0.4, -0.2) is 31.1 Å². The van der Waals surface area contributed by atoms with Crippen molar-refractivity contribution in [3.63, 3.8) is 0 Å². The van der Waals surface area contributed by atoms with Crippen LogP contribution in [0.3, 0.4) is 0 Å². The normalized spacial score (nSPS) is 9.64. The molecule has 118 valence electrons. The highest BCUT2D eigenvalue weighted by molar-refractivity contribution is 5.13. The predicted octanol–water partition coefficient (Wildman–Crippen LogP) is 3.21. The van der Waals surface area contributed by atoms with Crippen LogP contribution in [0, 0.1) is 4.91 Å². The van der Waals surface area contributed by atoms with Gasteiger partial charge < -0.3 is 4.90 Å². The topological polar surface area (TPSA) is 41.8 Å². The second-order valence-corrected chi connectivity index (χ2v) is 5.08. The van der Waals surface area contributed by atoms with Crippen LogP contribution in [0.2, 0.25) is 0 Å². The summed E-state index contributed by atoms with van der Waals surface area (Å²) in [5.74, 6) is 0. The molecule has 0 saturated carbocycles. The summed E-state index contributed by atoms with van der Waals surface area (Å²) >= 11 is 0. The van der Waals surface area contributed by atoms with E-state index in [-0.39, 0.29) is 18.3 Å². The minimum atomic E-state index is 0.153. The summed E-state index contributed by atoms with van der Waals surface area (Å²) in [5, 5.41) is 0.153. The van der Waals surface area contributed by atoms with Crippen LogP contribution in [0.5, 0.6) is 0 Å². The van der Waals surface area contributed by atoms with E-state index in [0.29, 0.717) is 0 Å². The van der Waals surface area contributed by atoms with Gasteiger partial charge in [0.05, 0.1) is 0 Å². The Morgan fingerprint density at radius 3 is 1.41 bits per heavy atom. The molecule has 0 radical (unpaired) electrons. The lowest BCUT2D eigenvalue weighted by molar-refractivity contribution is -0.987. The molecule has 0 aliphatic carbocycles. The first-order valence-electron chi connectivity index (χ1n) is 7.00. The molecular formula is C17H23N2O3+. The van der Waals surface area contributed by atoms with Gasteiger partial charge in [-0.3, -0.25) is 0 Å². The minimum absolute atomic E-state index is 0.153. The summed E-state index contributed by atoms with van der Waals surface area (Å²) in [7, 11) is 6.00. The van der Waals surface area contributed by atoms with Crippen LogP contribution in [0.25, 0.3) is 0 Å². The van der Waals surface area contributed by atoms with E-state index >= 15 is 0 Å². The summed E-state index contributed by atoms with van der Waals surface area (Å²) < 4.78 is 0. The van der Waals surface area contributed by atoms with E-state index in [9.17, 15) is 4.91 Å². The SMILES string of the molecule is CN(C)C.O=[N+](OCc1ccccc1)OCc1ccccc1. The Morgan fingerprint density at radius 2 is 1.09 bits per heavy atom. The Kier molecular flexibility index (Phi) is 8.30. The molecule has 22 heavy (non-hydrogen) atoms. The van der Waals surface area contributed by atoms with Gasteiger partial charge in [-0.05, 0) is 32.3 Å². The molecule has 0 aliphatic heterocycles. The zero-order valence-electron chi connectivity index (χ0n) is 13.3. The number of nitrogens with zero attached hydrogens (tertiary/aromatic N) is 2. The second-order valence-electron chi connectivity index (χ2n) is 5.08. The van der Waals surface area contributed by atoms with Crippen molar-refractivity contribution >= 4 is 0 Å². The second kappa shape index (κ2) is 10.3. The molecule has 0 N–H and O–H groups in total. The van der Waals surface area contributed by atoms with Crippen LogP contribution in [0.1, 0.15) is 11.1 Å². The third kappa shape index (κ3) is 8.71. The number of rotatable bonds is 6. The lowest BCUT2D eigenvalue weighted by Gasteiger charge is -1.96. The molecule has 5 heteroatoms. The predicted molar refractivity (Wildman–Crippen MR) is 85.7 cm³/mol. The molecule has 0 bridgehead atoms. The van der Waals surface area contributed by atoms with Gasteiger partial charge in [0.2, 0.25) is 0 Å². The van der Waals surface area contributed by atoms with Gasteiger partial charge >= 0.3 is 5.09 Å². The van der Waals surface area contributed by atoms with Gasteiger partial charge in [0, 0.05) is 0 Å². The standard InChI is InChI=1S/C14H14NO3.C3H9N/c16-15(17-11-13-7-3-1-4-8-13)18-12-14-9-5-2-6-10-14;1-4(2)3/h1-10H,11-12H2;1-3H3/q+1;. The number of hydrogen-bond acceptors (Lipinski definition) is 4. The molecule has 0 spiro atoms. The zero-order chi connectivity index (χ0) is 16.2. The zero-order valence-corrected chi connectivity index (χ0v) is 13.3. The first-order valence-corrected chi connectivity index (χ1v) is 7.00. The lowest BCUT2D eigenvalue weighted by atomic mass is 10.2. The molecular weight excluding hydrogens is 280 g/mol. The van der Waals surface area contributed by atoms with Crippen molar-refractivity contribution in [2.75, 3.05) is 21.1 Å². The van der Waals surface area contributed by atoms with E-state index in [4.69, 9.17) is 9.68 Å². The van der Waals surface area contributed by atoms with Gasteiger partial charge in [0.15, 0.2) is 13.2 Å². The van der Waals surface area contributed by atoms with Gasteiger partial charge in [-0.2, -0.15) is 9.68 Å². The molecule has 0 atom stereocenters. The Bertz CT molecular complexity index is 482. The average molecular weight is 303 g/mol. The van der Waals surface area contributed by atoms with Crippen molar-refractivity contribution < 1.29 is 14.8 Å². The maximum absolute atomic E-state index is 11.3. The van der Waals surface area contributed by atoms with E-state index in [2.05, 4.69) is 0 Å². The lowest BCUT2D eigenvalue weighted by Crippen LogP contribution is -2.10. The molecule has 0 heterocycles. The largest absolute Gasteiger partial charge is 0.478 e. The molecule has 0 unspecified atom stereocenters. The van der Waals surface area contributed by atoms with Crippen LogP contribution in [-0.2, 0) is 22.9 Å². The quantitative estimate of drug-likeness (QED) is 0.769. The Labute approximate surface area is 131 Å². The molecule has 0 aromatic heterocycles. The summed E-state index contributed by atoms with van der Waals surface area (Å²) in [4.78, 5) is 23.1. The van der Waals surface area contributed by atoms with E-state index < -0.39 is 0 Å². The number of benzene rings is 2. The van der Waals surface area contributed by atoms with Gasteiger partial charge in [-0.25, -0.2) is 0 Å². The molecule has 0 amide bonds. The van der Waals surface area contributed by atoms with Gasteiger partial charge in [-0.1, -0.05) is 60.7 Å². The fourth-order valence-electron chi connectivity index (χ4n) is 1.44. The maximum Gasteiger partial charge on any atom is 0.478 e. The molecule has 2 aromatic rings. The van der Waals surface area contributed by atoms with Crippen LogP contribution in [0.4, 0.5) is 0 Å². The fraction of sp³-hybridized carbons (Fsp3) is 0.294. The molecule has 2 rings (SSSR count). The third-order valence-electron chi connectivity index (χ3n) is 2.36. The van der Waals surface area contributed by atoms with Gasteiger partial charge in [0.25, 0.3) is 0 Å². The summed E-state index contributed by atoms with van der Waals surface area (Å²) in [6.45, 7) is 0.387. The van der Waals surface area contributed by atoms with E-state index in [1.165, 1.54) is 0 Å². The monoisotopic (exact) mass is 303 g/mol. The maximum atomic E-state index is 11.3. The Hall–Kier alpha value is -2.40. The Morgan fingerprint density at radius 1 is 0.773 bits per heavy atom. The third-order valence-corrected chi connectivity index (χ3v) is 2.36. The fourth-order valence-corrected chi connectivity index (χ4v) is 1.44. The van der Waals surface area contributed by atoms with Crippen LogP contribution < -0.4 is 0 Å². The minimum Gasteiger partial charge on any atom is -0.312 e. The molecule has 0 aliphatic rings. The van der Waals surface area contributed by atoms with Crippen molar-refractivity contribution in [2.45, 2.75) is 13.2 Å². The van der Waals surface area contributed by atoms with Gasteiger partial charge in [0.1, 0.15) is 4.91 Å². The molecule has 0 fully saturated rings. The Balaban J connectivity index is 0.000000541. The van der Waals surface area contributed by atoms with Crippen molar-refractivity contribution in [1.29, 1.82) is 0 Å². The van der Waals surface area contributed by atoms with E-state index in [0.717, 1.165) is 11.1 Å². The summed E-state index contributed by atoms with van der Waals surface area (Å²) in [6.07, 6.45) is 0. The van der Waals surface area contributed by atoms with E-state index in [1.54, 1.807) is 0 Å². The van der Waals surface area contributed by atoms with Crippen LogP contribution in [0.15, 0.2) is 60.7 Å².